The van der Waals surface area contributed by atoms with E-state index >= 15 is 0 Å². The maximum Gasteiger partial charge on any atom is 0.264 e. The van der Waals surface area contributed by atoms with Gasteiger partial charge in [0.05, 0.1) is 19.9 Å². The van der Waals surface area contributed by atoms with Crippen LogP contribution in [-0.4, -0.2) is 54.4 Å². The number of rotatable bonds is 4. The summed E-state index contributed by atoms with van der Waals surface area (Å²) in [7, 11) is 0. The van der Waals surface area contributed by atoms with Crippen molar-refractivity contribution in [3.63, 3.8) is 0 Å². The minimum atomic E-state index is -0.170. The first-order chi connectivity index (χ1) is 12.8. The summed E-state index contributed by atoms with van der Waals surface area (Å²) in [4.78, 5) is 30.1. The fraction of sp³-hybridized carbons (Fsp3) is 0.333. The van der Waals surface area contributed by atoms with Crippen LogP contribution in [0.5, 0.6) is 5.75 Å². The number of piperazine rings is 1. The third kappa shape index (κ3) is 4.88. The summed E-state index contributed by atoms with van der Waals surface area (Å²) in [6.45, 7) is 3.73. The Labute approximate surface area is 176 Å². The largest absolute Gasteiger partial charge is 0.482 e. The van der Waals surface area contributed by atoms with Crippen molar-refractivity contribution in [3.05, 3.63) is 49.1 Å². The topological polar surface area (TPSA) is 49.9 Å². The van der Waals surface area contributed by atoms with Gasteiger partial charge in [-0.2, -0.15) is 0 Å². The monoisotopic (exact) mass is 446 g/mol. The van der Waals surface area contributed by atoms with Gasteiger partial charge in [-0.15, -0.1) is 11.3 Å². The standard InChI is InChI=1S/C18H17Cl3N2O3S/c1-11-2-3-16(27-11)18(25)23-6-4-22(5-7-23)17(24)10-26-15-9-13(20)12(19)8-14(15)21/h2-3,8-9H,4-7,10H2,1H3. The number of carbonyl (C=O) groups is 2. The molecule has 1 fully saturated rings. The molecule has 2 aromatic rings. The van der Waals surface area contributed by atoms with Gasteiger partial charge in [0, 0.05) is 37.1 Å². The lowest BCUT2D eigenvalue weighted by Crippen LogP contribution is -2.51. The van der Waals surface area contributed by atoms with Crippen LogP contribution >= 0.6 is 46.1 Å². The van der Waals surface area contributed by atoms with E-state index in [1.54, 1.807) is 9.80 Å². The Kier molecular flexibility index (Phi) is 6.52. The molecule has 1 aliphatic rings. The van der Waals surface area contributed by atoms with Crippen molar-refractivity contribution < 1.29 is 14.3 Å². The molecular formula is C18H17Cl3N2O3S. The van der Waals surface area contributed by atoms with Crippen LogP contribution in [-0.2, 0) is 4.79 Å². The molecule has 0 bridgehead atoms. The molecule has 2 amide bonds. The molecule has 144 valence electrons. The van der Waals surface area contributed by atoms with Crippen LogP contribution in [0.3, 0.4) is 0 Å². The number of hydrogen-bond donors (Lipinski definition) is 0. The lowest BCUT2D eigenvalue weighted by atomic mass is 10.3. The van der Waals surface area contributed by atoms with E-state index in [4.69, 9.17) is 39.5 Å². The first-order valence-corrected chi connectivity index (χ1v) is 10.2. The summed E-state index contributed by atoms with van der Waals surface area (Å²) in [6.07, 6.45) is 0. The lowest BCUT2D eigenvalue weighted by Gasteiger charge is -2.34. The Morgan fingerprint density at radius 1 is 1.00 bits per heavy atom. The number of thiophene rings is 1. The molecule has 0 unspecified atom stereocenters. The number of halogens is 3. The zero-order valence-electron chi connectivity index (χ0n) is 14.5. The van der Waals surface area contributed by atoms with Crippen molar-refractivity contribution in [1.82, 2.24) is 9.80 Å². The molecule has 0 N–H and O–H groups in total. The van der Waals surface area contributed by atoms with Crippen molar-refractivity contribution in [3.8, 4) is 5.75 Å². The Morgan fingerprint density at radius 2 is 1.63 bits per heavy atom. The Hall–Kier alpha value is -1.47. The van der Waals surface area contributed by atoms with E-state index < -0.39 is 0 Å². The summed E-state index contributed by atoms with van der Waals surface area (Å²) < 4.78 is 5.49. The molecule has 0 atom stereocenters. The number of carbonyl (C=O) groups excluding carboxylic acids is 2. The maximum absolute atomic E-state index is 12.5. The van der Waals surface area contributed by atoms with Gasteiger partial charge < -0.3 is 14.5 Å². The van der Waals surface area contributed by atoms with E-state index in [9.17, 15) is 9.59 Å². The van der Waals surface area contributed by atoms with Crippen LogP contribution in [0.15, 0.2) is 24.3 Å². The number of amides is 2. The molecule has 1 aliphatic heterocycles. The van der Waals surface area contributed by atoms with Crippen molar-refractivity contribution in [1.29, 1.82) is 0 Å². The second-order valence-electron chi connectivity index (χ2n) is 6.07. The zero-order valence-corrected chi connectivity index (χ0v) is 17.6. The predicted octanol–water partition coefficient (Wildman–Crippen LogP) is 4.38. The summed E-state index contributed by atoms with van der Waals surface area (Å²) in [5.74, 6) is 0.150. The zero-order chi connectivity index (χ0) is 19.6. The molecule has 27 heavy (non-hydrogen) atoms. The highest BCUT2D eigenvalue weighted by molar-refractivity contribution is 7.13. The fourth-order valence-electron chi connectivity index (χ4n) is 2.71. The van der Waals surface area contributed by atoms with Gasteiger partial charge in [-0.25, -0.2) is 0 Å². The molecule has 0 spiro atoms. The van der Waals surface area contributed by atoms with Gasteiger partial charge in [-0.3, -0.25) is 9.59 Å². The fourth-order valence-corrected chi connectivity index (χ4v) is 4.14. The number of benzene rings is 1. The number of nitrogens with zero attached hydrogens (tertiary/aromatic N) is 2. The number of hydrogen-bond acceptors (Lipinski definition) is 4. The first kappa shape index (κ1) is 20.3. The van der Waals surface area contributed by atoms with Crippen LogP contribution in [0.1, 0.15) is 14.5 Å². The van der Waals surface area contributed by atoms with Gasteiger partial charge in [-0.05, 0) is 25.1 Å². The van der Waals surface area contributed by atoms with Crippen LogP contribution < -0.4 is 4.74 Å². The van der Waals surface area contributed by atoms with Gasteiger partial charge in [0.2, 0.25) is 0 Å². The normalized spacial score (nSPS) is 14.4. The highest BCUT2D eigenvalue weighted by Crippen LogP contribution is 2.33. The van der Waals surface area contributed by atoms with Gasteiger partial charge in [0.15, 0.2) is 6.61 Å². The van der Waals surface area contributed by atoms with E-state index in [1.807, 2.05) is 19.1 Å². The highest BCUT2D eigenvalue weighted by atomic mass is 35.5. The van der Waals surface area contributed by atoms with Crippen molar-refractivity contribution in [2.24, 2.45) is 0 Å². The lowest BCUT2D eigenvalue weighted by molar-refractivity contribution is -0.134. The summed E-state index contributed by atoms with van der Waals surface area (Å²) >= 11 is 19.4. The Morgan fingerprint density at radius 3 is 2.26 bits per heavy atom. The van der Waals surface area contributed by atoms with Gasteiger partial charge in [0.25, 0.3) is 11.8 Å². The van der Waals surface area contributed by atoms with Gasteiger partial charge >= 0.3 is 0 Å². The van der Waals surface area contributed by atoms with Crippen molar-refractivity contribution >= 4 is 58.0 Å². The molecule has 1 aromatic heterocycles. The SMILES string of the molecule is Cc1ccc(C(=O)N2CCN(C(=O)COc3cc(Cl)c(Cl)cc3Cl)CC2)s1. The summed E-state index contributed by atoms with van der Waals surface area (Å²) in [5, 5.41) is 0.917. The average Bonchev–Trinajstić information content (AvgIpc) is 3.09. The second-order valence-corrected chi connectivity index (χ2v) is 8.58. The molecule has 9 heteroatoms. The summed E-state index contributed by atoms with van der Waals surface area (Å²) in [6, 6.07) is 6.74. The van der Waals surface area contributed by atoms with Crippen molar-refractivity contribution in [2.75, 3.05) is 32.8 Å². The minimum Gasteiger partial charge on any atom is -0.482 e. The van der Waals surface area contributed by atoms with Crippen LogP contribution in [0, 0.1) is 6.92 Å². The van der Waals surface area contributed by atoms with Crippen LogP contribution in [0.2, 0.25) is 15.1 Å². The van der Waals surface area contributed by atoms with E-state index in [0.717, 1.165) is 9.75 Å². The molecule has 0 saturated carbocycles. The minimum absolute atomic E-state index is 0.0130. The van der Waals surface area contributed by atoms with Gasteiger partial charge in [0.1, 0.15) is 5.75 Å². The van der Waals surface area contributed by atoms with Gasteiger partial charge in [-0.1, -0.05) is 34.8 Å². The molecule has 2 heterocycles. The molecule has 1 aromatic carbocycles. The van der Waals surface area contributed by atoms with Crippen molar-refractivity contribution in [2.45, 2.75) is 6.92 Å². The third-order valence-corrected chi connectivity index (χ3v) is 6.20. The Bertz CT molecular complexity index is 864. The molecule has 0 radical (unpaired) electrons. The molecule has 0 aliphatic carbocycles. The predicted molar refractivity (Wildman–Crippen MR) is 109 cm³/mol. The number of ether oxygens (including phenoxy) is 1. The van der Waals surface area contributed by atoms with E-state index in [-0.39, 0.29) is 18.4 Å². The van der Waals surface area contributed by atoms with E-state index in [0.29, 0.717) is 47.0 Å². The maximum atomic E-state index is 12.5. The smallest absolute Gasteiger partial charge is 0.264 e. The highest BCUT2D eigenvalue weighted by Gasteiger charge is 2.25. The quantitative estimate of drug-likeness (QED) is 0.654. The van der Waals surface area contributed by atoms with Crippen LogP contribution in [0.25, 0.3) is 0 Å². The molecular weight excluding hydrogens is 431 g/mol. The van der Waals surface area contributed by atoms with E-state index in [1.165, 1.54) is 23.5 Å². The number of aryl methyl sites for hydroxylation is 1. The molecule has 1 saturated heterocycles. The second kappa shape index (κ2) is 8.69. The summed E-state index contributed by atoms with van der Waals surface area (Å²) in [5.41, 5.74) is 0. The van der Waals surface area contributed by atoms with E-state index in [2.05, 4.69) is 0 Å². The first-order valence-electron chi connectivity index (χ1n) is 8.26. The average molecular weight is 448 g/mol. The third-order valence-electron chi connectivity index (χ3n) is 4.20. The molecule has 5 nitrogen and oxygen atoms in total. The Balaban J connectivity index is 1.51. The molecule has 3 rings (SSSR count). The van der Waals surface area contributed by atoms with Crippen LogP contribution in [0.4, 0.5) is 0 Å².